The molecule has 3 nitrogen and oxygen atoms in total. The van der Waals surface area contributed by atoms with Gasteiger partial charge in [-0.15, -0.1) is 0 Å². The second kappa shape index (κ2) is 5.32. The van der Waals surface area contributed by atoms with Crippen LogP contribution in [0.3, 0.4) is 0 Å². The summed E-state index contributed by atoms with van der Waals surface area (Å²) in [5, 5.41) is 3.06. The van der Waals surface area contributed by atoms with Crippen LogP contribution in [-0.4, -0.2) is 27.6 Å². The number of amides is 1. The molecule has 0 saturated carbocycles. The van der Waals surface area contributed by atoms with Crippen LogP contribution in [0.4, 0.5) is 0 Å². The molecule has 0 aromatic carbocycles. The highest BCUT2D eigenvalue weighted by atomic mass is 28.3. The first-order valence-electron chi connectivity index (χ1n) is 6.14. The molecule has 1 amide bonds. The molecule has 1 rings (SSSR count). The first-order valence-corrected chi connectivity index (χ1v) is 7.62. The molecular formula is C12H24NO2Si. The number of hydrogen-bond donors (Lipinski definition) is 1. The Labute approximate surface area is 101 Å². The lowest BCUT2D eigenvalue weighted by Gasteiger charge is -2.35. The molecule has 16 heavy (non-hydrogen) atoms. The van der Waals surface area contributed by atoms with Crippen LogP contribution in [0, 0.1) is 0 Å². The minimum Gasteiger partial charge on any atom is -0.404 e. The fourth-order valence-corrected chi connectivity index (χ4v) is 5.08. The van der Waals surface area contributed by atoms with Gasteiger partial charge in [-0.25, -0.2) is 0 Å². The molecule has 0 aromatic rings. The van der Waals surface area contributed by atoms with Crippen molar-refractivity contribution < 1.29 is 9.22 Å². The van der Waals surface area contributed by atoms with Crippen molar-refractivity contribution in [1.29, 1.82) is 0 Å². The predicted octanol–water partition coefficient (Wildman–Crippen LogP) is 2.48. The minimum absolute atomic E-state index is 0.0821. The van der Waals surface area contributed by atoms with E-state index in [1.54, 1.807) is 0 Å². The van der Waals surface area contributed by atoms with Gasteiger partial charge in [-0.3, -0.25) is 4.79 Å². The molecule has 4 heteroatoms. The summed E-state index contributed by atoms with van der Waals surface area (Å²) in [5.41, 5.74) is 0.528. The smallest absolute Gasteiger partial charge is 0.247 e. The highest BCUT2D eigenvalue weighted by molar-refractivity contribution is 6.57. The number of carbonyl (C=O) groups is 1. The van der Waals surface area contributed by atoms with Gasteiger partial charge in [-0.1, -0.05) is 34.6 Å². The average Bonchev–Trinajstić information content (AvgIpc) is 2.14. The van der Waals surface area contributed by atoms with Gasteiger partial charge in [0, 0.05) is 6.54 Å². The molecule has 1 aliphatic rings. The fraction of sp³-hybridized carbons (Fsp3) is 0.917. The van der Waals surface area contributed by atoms with Gasteiger partial charge in [0.05, 0.1) is 0 Å². The Kier molecular flexibility index (Phi) is 4.56. The third kappa shape index (κ3) is 3.59. The van der Waals surface area contributed by atoms with Crippen molar-refractivity contribution in [2.24, 2.45) is 0 Å². The van der Waals surface area contributed by atoms with E-state index in [0.29, 0.717) is 5.54 Å². The summed E-state index contributed by atoms with van der Waals surface area (Å²) < 4.78 is 6.12. The Balaban J connectivity index is 2.64. The molecule has 0 aromatic heterocycles. The molecule has 1 aliphatic heterocycles. The SMILES string of the molecule is CC(C)[Si](OC1CCCNC1=O)C(C)(C)C. The molecule has 1 saturated heterocycles. The Bertz CT molecular complexity index is 248. The third-order valence-corrected chi connectivity index (χ3v) is 5.83. The number of carbonyl (C=O) groups excluding carboxylic acids is 1. The standard InChI is InChI=1S/C12H24NO2Si/c1-9(2)16(12(3,4)5)15-10-7-6-8-13-11(10)14/h9-10H,6-8H2,1-5H3,(H,13,14). The third-order valence-electron chi connectivity index (χ3n) is 2.77. The number of nitrogens with one attached hydrogen (secondary N) is 1. The van der Waals surface area contributed by atoms with E-state index in [-0.39, 0.29) is 17.0 Å². The Morgan fingerprint density at radius 3 is 2.50 bits per heavy atom. The summed E-state index contributed by atoms with van der Waals surface area (Å²) in [4.78, 5) is 11.7. The van der Waals surface area contributed by atoms with Gasteiger partial charge in [-0.2, -0.15) is 0 Å². The lowest BCUT2D eigenvalue weighted by Crippen LogP contribution is -2.46. The molecule has 0 spiro atoms. The molecule has 1 atom stereocenters. The molecule has 1 N–H and O–H groups in total. The van der Waals surface area contributed by atoms with Gasteiger partial charge in [0.15, 0.2) is 0 Å². The highest BCUT2D eigenvalue weighted by Crippen LogP contribution is 2.35. The number of piperidine rings is 1. The van der Waals surface area contributed by atoms with Crippen LogP contribution in [0.2, 0.25) is 10.6 Å². The molecule has 1 radical (unpaired) electrons. The second-order valence-electron chi connectivity index (χ2n) is 5.81. The average molecular weight is 242 g/mol. The topological polar surface area (TPSA) is 38.3 Å². The predicted molar refractivity (Wildman–Crippen MR) is 67.7 cm³/mol. The maximum atomic E-state index is 11.7. The van der Waals surface area contributed by atoms with Crippen LogP contribution in [0.15, 0.2) is 0 Å². The van der Waals surface area contributed by atoms with E-state index < -0.39 is 9.04 Å². The minimum atomic E-state index is -0.969. The van der Waals surface area contributed by atoms with Crippen LogP contribution in [0.5, 0.6) is 0 Å². The molecule has 1 unspecified atom stereocenters. The van der Waals surface area contributed by atoms with Gasteiger partial charge in [0.25, 0.3) is 0 Å². The second-order valence-corrected chi connectivity index (χ2v) is 9.43. The van der Waals surface area contributed by atoms with E-state index in [4.69, 9.17) is 4.43 Å². The lowest BCUT2D eigenvalue weighted by molar-refractivity contribution is -0.130. The van der Waals surface area contributed by atoms with Crippen LogP contribution < -0.4 is 5.32 Å². The summed E-state index contributed by atoms with van der Waals surface area (Å²) in [5.74, 6) is 0.0821. The molecular weight excluding hydrogens is 218 g/mol. The Hall–Kier alpha value is -0.353. The van der Waals surface area contributed by atoms with Crippen molar-refractivity contribution in [3.8, 4) is 0 Å². The van der Waals surface area contributed by atoms with E-state index in [9.17, 15) is 4.79 Å². The lowest BCUT2D eigenvalue weighted by atomic mass is 10.1. The summed E-state index contributed by atoms with van der Waals surface area (Å²) >= 11 is 0. The number of rotatable bonds is 3. The van der Waals surface area contributed by atoms with E-state index in [0.717, 1.165) is 19.4 Å². The van der Waals surface area contributed by atoms with Crippen LogP contribution >= 0.6 is 0 Å². The summed E-state index contributed by atoms with van der Waals surface area (Å²) in [6.07, 6.45) is 1.71. The molecule has 0 aliphatic carbocycles. The van der Waals surface area contributed by atoms with Crippen molar-refractivity contribution in [2.75, 3.05) is 6.54 Å². The molecule has 1 fully saturated rings. The summed E-state index contributed by atoms with van der Waals surface area (Å²) in [6.45, 7) is 11.8. The first-order chi connectivity index (χ1) is 7.32. The van der Waals surface area contributed by atoms with Gasteiger partial charge >= 0.3 is 0 Å². The normalized spacial score (nSPS) is 22.7. The largest absolute Gasteiger partial charge is 0.404 e. The van der Waals surface area contributed by atoms with Gasteiger partial charge < -0.3 is 9.74 Å². The van der Waals surface area contributed by atoms with Crippen LogP contribution in [0.25, 0.3) is 0 Å². The van der Waals surface area contributed by atoms with E-state index in [1.165, 1.54) is 0 Å². The zero-order valence-electron chi connectivity index (χ0n) is 11.1. The fourth-order valence-electron chi connectivity index (χ4n) is 2.19. The van der Waals surface area contributed by atoms with Crippen molar-refractivity contribution >= 4 is 14.9 Å². The zero-order chi connectivity index (χ0) is 12.3. The van der Waals surface area contributed by atoms with Gasteiger partial charge in [0.1, 0.15) is 6.10 Å². The van der Waals surface area contributed by atoms with Crippen molar-refractivity contribution in [3.63, 3.8) is 0 Å². The molecule has 1 heterocycles. The monoisotopic (exact) mass is 242 g/mol. The molecule has 0 bridgehead atoms. The van der Waals surface area contributed by atoms with E-state index in [1.807, 2.05) is 0 Å². The van der Waals surface area contributed by atoms with E-state index in [2.05, 4.69) is 39.9 Å². The van der Waals surface area contributed by atoms with Crippen molar-refractivity contribution in [1.82, 2.24) is 5.32 Å². The maximum Gasteiger partial charge on any atom is 0.247 e. The van der Waals surface area contributed by atoms with Crippen LogP contribution in [0.1, 0.15) is 47.5 Å². The summed E-state index contributed by atoms with van der Waals surface area (Å²) in [6, 6.07) is 0. The van der Waals surface area contributed by atoms with Crippen molar-refractivity contribution in [2.45, 2.75) is 64.1 Å². The number of hydrogen-bond acceptors (Lipinski definition) is 2. The molecule has 93 valence electrons. The quantitative estimate of drug-likeness (QED) is 0.772. The highest BCUT2D eigenvalue weighted by Gasteiger charge is 2.36. The zero-order valence-corrected chi connectivity index (χ0v) is 12.1. The van der Waals surface area contributed by atoms with E-state index >= 15 is 0 Å². The first kappa shape index (κ1) is 13.7. The van der Waals surface area contributed by atoms with Crippen LogP contribution in [-0.2, 0) is 9.22 Å². The van der Waals surface area contributed by atoms with Gasteiger partial charge in [0.2, 0.25) is 14.9 Å². The van der Waals surface area contributed by atoms with Gasteiger partial charge in [-0.05, 0) is 23.4 Å². The summed E-state index contributed by atoms with van der Waals surface area (Å²) in [7, 11) is -0.969. The Morgan fingerprint density at radius 1 is 1.44 bits per heavy atom. The Morgan fingerprint density at radius 2 is 2.06 bits per heavy atom. The maximum absolute atomic E-state index is 11.7. The van der Waals surface area contributed by atoms with Crippen molar-refractivity contribution in [3.05, 3.63) is 0 Å².